The Balaban J connectivity index is 1.50. The number of aryl methyl sites for hydroxylation is 1. The van der Waals surface area contributed by atoms with Crippen molar-refractivity contribution in [3.63, 3.8) is 0 Å². The third-order valence-corrected chi connectivity index (χ3v) is 5.67. The molecule has 2 N–H and O–H groups in total. The molecule has 3 nitrogen and oxygen atoms in total. The lowest BCUT2D eigenvalue weighted by atomic mass is 9.98. The zero-order valence-corrected chi connectivity index (χ0v) is 16.7. The molecule has 0 saturated carbocycles. The van der Waals surface area contributed by atoms with Crippen molar-refractivity contribution in [1.29, 1.82) is 0 Å². The van der Waals surface area contributed by atoms with Crippen LogP contribution in [0, 0.1) is 12.8 Å². The van der Waals surface area contributed by atoms with Crippen molar-refractivity contribution in [1.82, 2.24) is 10.6 Å². The summed E-state index contributed by atoms with van der Waals surface area (Å²) in [6.07, 6.45) is 2.53. The maximum atomic E-state index is 6.28. The van der Waals surface area contributed by atoms with E-state index in [0.29, 0.717) is 6.61 Å². The van der Waals surface area contributed by atoms with E-state index in [1.165, 1.54) is 40.3 Å². The molecule has 4 rings (SSSR count). The topological polar surface area (TPSA) is 33.3 Å². The summed E-state index contributed by atoms with van der Waals surface area (Å²) in [6, 6.07) is 21.4. The smallest absolute Gasteiger partial charge is 0.124 e. The predicted molar refractivity (Wildman–Crippen MR) is 117 cm³/mol. The SMILES string of the molecule is Cc1cccc(COc2ccc3ccccc3c2CNCC2CCNCC2)c1. The van der Waals surface area contributed by atoms with Crippen molar-refractivity contribution >= 4 is 10.8 Å². The lowest BCUT2D eigenvalue weighted by molar-refractivity contribution is 0.301. The molecule has 0 bridgehead atoms. The summed E-state index contributed by atoms with van der Waals surface area (Å²) in [5.41, 5.74) is 3.74. The number of hydrogen-bond acceptors (Lipinski definition) is 3. The van der Waals surface area contributed by atoms with E-state index in [-0.39, 0.29) is 0 Å². The molecule has 3 aromatic rings. The average Bonchev–Trinajstić information content (AvgIpc) is 2.74. The van der Waals surface area contributed by atoms with Crippen LogP contribution in [0.4, 0.5) is 0 Å². The highest BCUT2D eigenvalue weighted by Gasteiger charge is 2.14. The van der Waals surface area contributed by atoms with Crippen LogP contribution in [0.25, 0.3) is 10.8 Å². The summed E-state index contributed by atoms with van der Waals surface area (Å²) in [7, 11) is 0. The van der Waals surface area contributed by atoms with Crippen molar-refractivity contribution in [2.75, 3.05) is 19.6 Å². The Labute approximate surface area is 168 Å². The van der Waals surface area contributed by atoms with E-state index in [4.69, 9.17) is 4.74 Å². The molecule has 28 heavy (non-hydrogen) atoms. The van der Waals surface area contributed by atoms with Gasteiger partial charge in [0, 0.05) is 12.1 Å². The molecule has 1 heterocycles. The second-order valence-corrected chi connectivity index (χ2v) is 7.87. The van der Waals surface area contributed by atoms with E-state index in [2.05, 4.69) is 78.2 Å². The van der Waals surface area contributed by atoms with Gasteiger partial charge in [0.15, 0.2) is 0 Å². The maximum absolute atomic E-state index is 6.28. The van der Waals surface area contributed by atoms with Crippen molar-refractivity contribution in [3.8, 4) is 5.75 Å². The highest BCUT2D eigenvalue weighted by atomic mass is 16.5. The fourth-order valence-corrected chi connectivity index (χ4v) is 4.08. The van der Waals surface area contributed by atoms with E-state index in [1.807, 2.05) is 0 Å². The Kier molecular flexibility index (Phi) is 6.25. The first-order valence-electron chi connectivity index (χ1n) is 10.4. The highest BCUT2D eigenvalue weighted by molar-refractivity contribution is 5.87. The standard InChI is InChI=1S/C25H30N2O/c1-19-5-4-6-21(15-19)18-28-25-10-9-22-7-2-3-8-23(22)24(25)17-27-16-20-11-13-26-14-12-20/h2-10,15,20,26-27H,11-14,16-18H2,1H3. The van der Waals surface area contributed by atoms with Gasteiger partial charge < -0.3 is 15.4 Å². The van der Waals surface area contributed by atoms with Gasteiger partial charge in [0.2, 0.25) is 0 Å². The third-order valence-electron chi connectivity index (χ3n) is 5.67. The molecule has 0 amide bonds. The monoisotopic (exact) mass is 374 g/mol. The molecule has 146 valence electrons. The van der Waals surface area contributed by atoms with Crippen molar-refractivity contribution in [3.05, 3.63) is 77.4 Å². The molecule has 3 heteroatoms. The first-order chi connectivity index (χ1) is 13.8. The third kappa shape index (κ3) is 4.73. The minimum absolute atomic E-state index is 0.599. The minimum atomic E-state index is 0.599. The van der Waals surface area contributed by atoms with Gasteiger partial charge in [-0.2, -0.15) is 0 Å². The Morgan fingerprint density at radius 1 is 1.00 bits per heavy atom. The molecule has 0 aliphatic carbocycles. The van der Waals surface area contributed by atoms with E-state index < -0.39 is 0 Å². The summed E-state index contributed by atoms with van der Waals surface area (Å²) < 4.78 is 6.28. The number of ether oxygens (including phenoxy) is 1. The predicted octanol–water partition coefficient (Wildman–Crippen LogP) is 4.82. The fraction of sp³-hybridized carbons (Fsp3) is 0.360. The highest BCUT2D eigenvalue weighted by Crippen LogP contribution is 2.29. The lowest BCUT2D eigenvalue weighted by Gasteiger charge is -2.23. The molecular formula is C25H30N2O. The van der Waals surface area contributed by atoms with E-state index in [0.717, 1.165) is 37.8 Å². The van der Waals surface area contributed by atoms with Crippen LogP contribution in [0.1, 0.15) is 29.5 Å². The fourth-order valence-electron chi connectivity index (χ4n) is 4.08. The van der Waals surface area contributed by atoms with Crippen LogP contribution in [-0.4, -0.2) is 19.6 Å². The van der Waals surface area contributed by atoms with Gasteiger partial charge >= 0.3 is 0 Å². The molecule has 1 saturated heterocycles. The molecule has 0 aromatic heterocycles. The van der Waals surface area contributed by atoms with Gasteiger partial charge in [-0.05, 0) is 67.7 Å². The second-order valence-electron chi connectivity index (χ2n) is 7.87. The number of piperidine rings is 1. The van der Waals surface area contributed by atoms with Crippen molar-refractivity contribution in [2.24, 2.45) is 5.92 Å². The molecule has 1 fully saturated rings. The van der Waals surface area contributed by atoms with Gasteiger partial charge in [0.1, 0.15) is 12.4 Å². The average molecular weight is 375 g/mol. The Morgan fingerprint density at radius 2 is 1.86 bits per heavy atom. The Morgan fingerprint density at radius 3 is 2.71 bits per heavy atom. The van der Waals surface area contributed by atoms with E-state index in [9.17, 15) is 0 Å². The molecule has 3 aromatic carbocycles. The van der Waals surface area contributed by atoms with Crippen LogP contribution in [0.3, 0.4) is 0 Å². The zero-order chi connectivity index (χ0) is 19.2. The maximum Gasteiger partial charge on any atom is 0.124 e. The van der Waals surface area contributed by atoms with Gasteiger partial charge in [0.05, 0.1) is 0 Å². The van der Waals surface area contributed by atoms with Gasteiger partial charge in [-0.1, -0.05) is 60.2 Å². The van der Waals surface area contributed by atoms with Crippen molar-refractivity contribution < 1.29 is 4.74 Å². The van der Waals surface area contributed by atoms with Gasteiger partial charge in [0.25, 0.3) is 0 Å². The number of hydrogen-bond donors (Lipinski definition) is 2. The molecule has 0 unspecified atom stereocenters. The summed E-state index contributed by atoms with van der Waals surface area (Å²) in [6.45, 7) is 6.92. The van der Waals surface area contributed by atoms with Crippen LogP contribution >= 0.6 is 0 Å². The van der Waals surface area contributed by atoms with Gasteiger partial charge in [-0.3, -0.25) is 0 Å². The molecule has 1 aliphatic heterocycles. The summed E-state index contributed by atoms with van der Waals surface area (Å²) in [5, 5.41) is 9.70. The van der Waals surface area contributed by atoms with Crippen LogP contribution in [0.2, 0.25) is 0 Å². The first kappa shape index (κ1) is 19.0. The Hall–Kier alpha value is -2.36. The van der Waals surface area contributed by atoms with E-state index >= 15 is 0 Å². The number of benzene rings is 3. The van der Waals surface area contributed by atoms with E-state index in [1.54, 1.807) is 0 Å². The lowest BCUT2D eigenvalue weighted by Crippen LogP contribution is -2.33. The minimum Gasteiger partial charge on any atom is -0.489 e. The number of fused-ring (bicyclic) bond motifs is 1. The largest absolute Gasteiger partial charge is 0.489 e. The molecule has 0 spiro atoms. The van der Waals surface area contributed by atoms with Crippen LogP contribution < -0.4 is 15.4 Å². The second kappa shape index (κ2) is 9.22. The van der Waals surface area contributed by atoms with Gasteiger partial charge in [-0.25, -0.2) is 0 Å². The zero-order valence-electron chi connectivity index (χ0n) is 16.7. The molecule has 1 aliphatic rings. The van der Waals surface area contributed by atoms with Crippen LogP contribution in [0.5, 0.6) is 5.75 Å². The normalized spacial score (nSPS) is 15.0. The Bertz CT molecular complexity index is 915. The van der Waals surface area contributed by atoms with Crippen LogP contribution in [-0.2, 0) is 13.2 Å². The number of nitrogens with one attached hydrogen (secondary N) is 2. The first-order valence-corrected chi connectivity index (χ1v) is 10.4. The summed E-state index contributed by atoms with van der Waals surface area (Å²) in [4.78, 5) is 0. The summed E-state index contributed by atoms with van der Waals surface area (Å²) in [5.74, 6) is 1.76. The van der Waals surface area contributed by atoms with Crippen LogP contribution in [0.15, 0.2) is 60.7 Å². The quantitative estimate of drug-likeness (QED) is 0.622. The van der Waals surface area contributed by atoms with Gasteiger partial charge in [-0.15, -0.1) is 0 Å². The summed E-state index contributed by atoms with van der Waals surface area (Å²) >= 11 is 0. The number of rotatable bonds is 7. The molecule has 0 atom stereocenters. The molecule has 0 radical (unpaired) electrons. The molecular weight excluding hydrogens is 344 g/mol. The van der Waals surface area contributed by atoms with Crippen molar-refractivity contribution in [2.45, 2.75) is 32.9 Å².